The lowest BCUT2D eigenvalue weighted by molar-refractivity contribution is 0.183. The van der Waals surface area contributed by atoms with E-state index >= 15 is 26.3 Å². The molecule has 0 aliphatic carbocycles. The number of halogens is 15. The maximum absolute atomic E-state index is 15.6. The van der Waals surface area contributed by atoms with Crippen LogP contribution >= 0.6 is 0 Å². The van der Waals surface area contributed by atoms with Crippen molar-refractivity contribution in [2.75, 3.05) is 11.9 Å². The van der Waals surface area contributed by atoms with Crippen LogP contribution in [0.4, 0.5) is 77.2 Å². The molecule has 1 aliphatic heterocycles. The number of nitrogens with zero attached hydrogens (tertiary/aromatic N) is 4. The fraction of sp³-hybridized carbons (Fsp3) is 0.103. The smallest absolute Gasteiger partial charge is 0.266 e. The van der Waals surface area contributed by atoms with Gasteiger partial charge in [0.25, 0.3) is 5.79 Å². The van der Waals surface area contributed by atoms with E-state index in [1.165, 1.54) is 12.1 Å². The minimum absolute atomic E-state index is 0.0500. The summed E-state index contributed by atoms with van der Waals surface area (Å²) in [6.07, 6.45) is 0.0581. The standard InChI is InChI=1S/C29H11F15N4/c1-8-3-5-9(6-4-8)45-46-29(12-15(32)19(36)22(39)20(37)16(12)33)47(2)7-10(11-13(30)17(34)21(38)18(35)14(11)31)48(29)28-26(43)24(41)23(40)25(42)27(28)44/h3-7H,1-2H3. The fourth-order valence-corrected chi connectivity index (χ4v) is 4.82. The molecule has 48 heavy (non-hydrogen) atoms. The summed E-state index contributed by atoms with van der Waals surface area (Å²) >= 11 is 0. The molecule has 0 saturated carbocycles. The molecule has 1 unspecified atom stereocenters. The Morgan fingerprint density at radius 1 is 0.500 bits per heavy atom. The van der Waals surface area contributed by atoms with E-state index in [1.807, 2.05) is 0 Å². The molecule has 0 spiro atoms. The second-order valence-electron chi connectivity index (χ2n) is 9.94. The summed E-state index contributed by atoms with van der Waals surface area (Å²) in [5.74, 6) is -46.6. The van der Waals surface area contributed by atoms with Crippen LogP contribution < -0.4 is 4.90 Å². The zero-order valence-electron chi connectivity index (χ0n) is 23.3. The van der Waals surface area contributed by atoms with Gasteiger partial charge in [-0.25, -0.2) is 65.9 Å². The van der Waals surface area contributed by atoms with E-state index in [0.29, 0.717) is 12.6 Å². The third kappa shape index (κ3) is 4.73. The van der Waals surface area contributed by atoms with Crippen molar-refractivity contribution in [2.45, 2.75) is 12.7 Å². The summed E-state index contributed by atoms with van der Waals surface area (Å²) in [7, 11) is 0.504. The highest BCUT2D eigenvalue weighted by Gasteiger charge is 2.57. The lowest BCUT2D eigenvalue weighted by Crippen LogP contribution is -2.51. The van der Waals surface area contributed by atoms with Crippen molar-refractivity contribution < 1.29 is 65.9 Å². The molecule has 0 bridgehead atoms. The monoisotopic (exact) mass is 700 g/mol. The van der Waals surface area contributed by atoms with E-state index in [9.17, 15) is 39.5 Å². The normalized spacial score (nSPS) is 16.5. The van der Waals surface area contributed by atoms with Crippen LogP contribution in [0.3, 0.4) is 0 Å². The predicted octanol–water partition coefficient (Wildman–Crippen LogP) is 9.43. The van der Waals surface area contributed by atoms with Crippen molar-refractivity contribution in [3.63, 3.8) is 0 Å². The van der Waals surface area contributed by atoms with Gasteiger partial charge in [-0.15, -0.1) is 5.11 Å². The number of hydrogen-bond donors (Lipinski definition) is 0. The number of hydrogen-bond acceptors (Lipinski definition) is 4. The zero-order valence-corrected chi connectivity index (χ0v) is 23.3. The van der Waals surface area contributed by atoms with Gasteiger partial charge >= 0.3 is 0 Å². The summed E-state index contributed by atoms with van der Waals surface area (Å²) in [6, 6.07) is 4.83. The minimum atomic E-state index is -4.00. The maximum Gasteiger partial charge on any atom is 0.266 e. The summed E-state index contributed by atoms with van der Waals surface area (Å²) in [4.78, 5) is -0.661. The van der Waals surface area contributed by atoms with Gasteiger partial charge in [-0.1, -0.05) is 17.7 Å². The summed E-state index contributed by atoms with van der Waals surface area (Å²) < 4.78 is 222. The number of aryl methyl sites for hydroxylation is 1. The van der Waals surface area contributed by atoms with E-state index in [2.05, 4.69) is 10.2 Å². The zero-order chi connectivity index (χ0) is 35.7. The highest BCUT2D eigenvalue weighted by Crippen LogP contribution is 2.53. The molecule has 1 atom stereocenters. The van der Waals surface area contributed by atoms with Gasteiger partial charge in [-0.3, -0.25) is 4.90 Å². The molecule has 0 fully saturated rings. The summed E-state index contributed by atoms with van der Waals surface area (Å²) in [5.41, 5.74) is -8.67. The Labute approximate surface area is 257 Å². The van der Waals surface area contributed by atoms with Crippen LogP contribution in [-0.2, 0) is 5.79 Å². The Morgan fingerprint density at radius 2 is 0.875 bits per heavy atom. The number of benzene rings is 4. The Balaban J connectivity index is 2.04. The molecular formula is C29H11F15N4. The van der Waals surface area contributed by atoms with Crippen molar-refractivity contribution >= 4 is 17.1 Å². The third-order valence-corrected chi connectivity index (χ3v) is 7.12. The Hall–Kier alpha value is -5.23. The van der Waals surface area contributed by atoms with Gasteiger partial charge in [-0.05, 0) is 19.1 Å². The molecule has 0 amide bonds. The molecule has 0 saturated heterocycles. The van der Waals surface area contributed by atoms with Crippen molar-refractivity contribution in [1.82, 2.24) is 4.90 Å². The van der Waals surface area contributed by atoms with Gasteiger partial charge < -0.3 is 4.90 Å². The highest BCUT2D eigenvalue weighted by atomic mass is 19.2. The summed E-state index contributed by atoms with van der Waals surface area (Å²) in [5, 5.41) is 7.02. The van der Waals surface area contributed by atoms with E-state index in [1.54, 1.807) is 6.92 Å². The molecule has 1 aliphatic rings. The number of anilines is 1. The van der Waals surface area contributed by atoms with Crippen LogP contribution in [0, 0.1) is 94.2 Å². The molecule has 19 heteroatoms. The summed E-state index contributed by atoms with van der Waals surface area (Å²) in [6.45, 7) is 1.55. The van der Waals surface area contributed by atoms with Crippen LogP contribution in [0.5, 0.6) is 0 Å². The number of azo groups is 1. The first-order valence-corrected chi connectivity index (χ1v) is 12.7. The van der Waals surface area contributed by atoms with Gasteiger partial charge in [-0.2, -0.15) is 5.11 Å². The van der Waals surface area contributed by atoms with Crippen LogP contribution in [0.2, 0.25) is 0 Å². The largest absolute Gasteiger partial charge is 0.332 e. The average Bonchev–Trinajstić information content (AvgIpc) is 3.33. The van der Waals surface area contributed by atoms with Gasteiger partial charge in [0, 0.05) is 13.2 Å². The van der Waals surface area contributed by atoms with Crippen LogP contribution in [0.15, 0.2) is 40.7 Å². The molecule has 4 aromatic carbocycles. The van der Waals surface area contributed by atoms with Gasteiger partial charge in [0.15, 0.2) is 69.8 Å². The Kier molecular flexibility index (Phi) is 8.37. The van der Waals surface area contributed by atoms with Crippen LogP contribution in [0.25, 0.3) is 5.70 Å². The van der Waals surface area contributed by atoms with E-state index in [-0.39, 0.29) is 16.8 Å². The molecule has 0 N–H and O–H groups in total. The fourth-order valence-electron chi connectivity index (χ4n) is 4.82. The van der Waals surface area contributed by atoms with E-state index in [0.717, 1.165) is 12.1 Å². The molecule has 0 radical (unpaired) electrons. The molecular weight excluding hydrogens is 689 g/mol. The molecule has 1 heterocycles. The van der Waals surface area contributed by atoms with E-state index < -0.39 is 120 Å². The quantitative estimate of drug-likeness (QED) is 0.0900. The van der Waals surface area contributed by atoms with Gasteiger partial charge in [0.1, 0.15) is 11.3 Å². The van der Waals surface area contributed by atoms with Crippen molar-refractivity contribution in [3.8, 4) is 0 Å². The number of rotatable bonds is 5. The highest BCUT2D eigenvalue weighted by molar-refractivity contribution is 5.85. The van der Waals surface area contributed by atoms with Crippen molar-refractivity contribution in [1.29, 1.82) is 0 Å². The van der Waals surface area contributed by atoms with Crippen LogP contribution in [-0.4, -0.2) is 11.9 Å². The van der Waals surface area contributed by atoms with Crippen molar-refractivity contribution in [2.24, 2.45) is 10.2 Å². The molecule has 4 aromatic rings. The topological polar surface area (TPSA) is 31.2 Å². The average molecular weight is 700 g/mol. The molecule has 0 aromatic heterocycles. The second kappa shape index (κ2) is 11.8. The lowest BCUT2D eigenvalue weighted by Gasteiger charge is -2.41. The van der Waals surface area contributed by atoms with Gasteiger partial charge in [0.05, 0.1) is 16.9 Å². The third-order valence-electron chi connectivity index (χ3n) is 7.12. The van der Waals surface area contributed by atoms with Gasteiger partial charge in [0.2, 0.25) is 17.5 Å². The molecule has 4 nitrogen and oxygen atoms in total. The van der Waals surface area contributed by atoms with E-state index in [4.69, 9.17) is 0 Å². The first-order valence-electron chi connectivity index (χ1n) is 12.7. The van der Waals surface area contributed by atoms with Crippen molar-refractivity contribution in [3.05, 3.63) is 134 Å². The first kappa shape index (κ1) is 34.1. The predicted molar refractivity (Wildman–Crippen MR) is 134 cm³/mol. The minimum Gasteiger partial charge on any atom is -0.332 e. The molecule has 252 valence electrons. The Morgan fingerprint density at radius 3 is 1.31 bits per heavy atom. The molecule has 5 rings (SSSR count). The lowest BCUT2D eigenvalue weighted by atomic mass is 10.0. The maximum atomic E-state index is 15.6. The first-order chi connectivity index (χ1) is 22.4. The SMILES string of the molecule is Cc1ccc(N=NC2(c3c(F)c(F)c(F)c(F)c3F)N(C)C=C(c3c(F)c(F)c(F)c(F)c3F)N2c2c(F)c(F)c(F)c(F)c2F)cc1. The van der Waals surface area contributed by atoms with Crippen LogP contribution in [0.1, 0.15) is 16.7 Å². The second-order valence-corrected chi connectivity index (χ2v) is 9.94. The Bertz CT molecular complexity index is 1990.